The standard InChI is InChI=1S/C15H12ClN3/c1-11-2-7-14(8-15(11)16)19-18-10-13-5-3-12(9-17)4-6-13/h2-8,10,19H,1H3. The van der Waals surface area contributed by atoms with E-state index >= 15 is 0 Å². The third kappa shape index (κ3) is 3.57. The molecule has 1 N–H and O–H groups in total. The molecule has 0 radical (unpaired) electrons. The van der Waals surface area contributed by atoms with Gasteiger partial charge >= 0.3 is 0 Å². The van der Waals surface area contributed by atoms with E-state index in [0.717, 1.165) is 16.8 Å². The number of hydrogen-bond donors (Lipinski definition) is 1. The minimum absolute atomic E-state index is 0.635. The van der Waals surface area contributed by atoms with Gasteiger partial charge < -0.3 is 0 Å². The van der Waals surface area contributed by atoms with Gasteiger partial charge in [-0.05, 0) is 42.3 Å². The van der Waals surface area contributed by atoms with Gasteiger partial charge in [0, 0.05) is 5.02 Å². The van der Waals surface area contributed by atoms with Crippen molar-refractivity contribution in [1.82, 2.24) is 0 Å². The van der Waals surface area contributed by atoms with E-state index in [1.165, 1.54) is 0 Å². The molecule has 19 heavy (non-hydrogen) atoms. The molecule has 0 fully saturated rings. The van der Waals surface area contributed by atoms with E-state index in [2.05, 4.69) is 16.6 Å². The second-order valence-electron chi connectivity index (χ2n) is 4.07. The first kappa shape index (κ1) is 13.1. The summed E-state index contributed by atoms with van der Waals surface area (Å²) in [4.78, 5) is 0. The Morgan fingerprint density at radius 1 is 1.21 bits per heavy atom. The molecule has 0 aliphatic carbocycles. The predicted molar refractivity (Wildman–Crippen MR) is 78.6 cm³/mol. The highest BCUT2D eigenvalue weighted by molar-refractivity contribution is 6.31. The van der Waals surface area contributed by atoms with Gasteiger partial charge in [0.1, 0.15) is 0 Å². The Labute approximate surface area is 117 Å². The smallest absolute Gasteiger partial charge is 0.0991 e. The Morgan fingerprint density at radius 3 is 2.58 bits per heavy atom. The second kappa shape index (κ2) is 6.03. The van der Waals surface area contributed by atoms with Crippen LogP contribution in [0.1, 0.15) is 16.7 Å². The van der Waals surface area contributed by atoms with Crippen molar-refractivity contribution in [2.24, 2.45) is 5.10 Å². The molecule has 0 heterocycles. The number of nitrogens with one attached hydrogen (secondary N) is 1. The molecule has 0 bridgehead atoms. The Kier molecular flexibility index (Phi) is 4.17. The Hall–Kier alpha value is -2.31. The summed E-state index contributed by atoms with van der Waals surface area (Å²) in [5.41, 5.74) is 6.33. The lowest BCUT2D eigenvalue weighted by Crippen LogP contribution is -1.91. The lowest BCUT2D eigenvalue weighted by atomic mass is 10.2. The van der Waals surface area contributed by atoms with Crippen LogP contribution < -0.4 is 5.43 Å². The van der Waals surface area contributed by atoms with Gasteiger partial charge in [-0.25, -0.2) is 0 Å². The highest BCUT2D eigenvalue weighted by Crippen LogP contribution is 2.19. The molecule has 0 aliphatic heterocycles. The fourth-order valence-electron chi connectivity index (χ4n) is 1.49. The van der Waals surface area contributed by atoms with E-state index in [0.29, 0.717) is 10.6 Å². The number of nitriles is 1. The average Bonchev–Trinajstić information content (AvgIpc) is 2.43. The molecule has 2 aromatic rings. The van der Waals surface area contributed by atoms with Gasteiger partial charge in [0.15, 0.2) is 0 Å². The van der Waals surface area contributed by atoms with Gasteiger partial charge in [-0.1, -0.05) is 29.8 Å². The van der Waals surface area contributed by atoms with Crippen molar-refractivity contribution in [3.63, 3.8) is 0 Å². The monoisotopic (exact) mass is 269 g/mol. The van der Waals surface area contributed by atoms with Gasteiger partial charge in [0.2, 0.25) is 0 Å². The second-order valence-corrected chi connectivity index (χ2v) is 4.47. The predicted octanol–water partition coefficient (Wildman–Crippen LogP) is 3.97. The molecule has 0 aliphatic rings. The van der Waals surface area contributed by atoms with Gasteiger partial charge in [-0.2, -0.15) is 10.4 Å². The van der Waals surface area contributed by atoms with Crippen LogP contribution in [0.3, 0.4) is 0 Å². The molecule has 0 spiro atoms. The van der Waals surface area contributed by atoms with Crippen LogP contribution in [0.5, 0.6) is 0 Å². The first-order chi connectivity index (χ1) is 9.19. The molecule has 0 amide bonds. The van der Waals surface area contributed by atoms with Gasteiger partial charge in [-0.15, -0.1) is 0 Å². The summed E-state index contributed by atoms with van der Waals surface area (Å²) in [6.07, 6.45) is 1.69. The number of hydrogen-bond acceptors (Lipinski definition) is 3. The molecular weight excluding hydrogens is 258 g/mol. The highest BCUT2D eigenvalue weighted by Gasteiger charge is 1.96. The molecule has 0 atom stereocenters. The lowest BCUT2D eigenvalue weighted by molar-refractivity contribution is 1.34. The average molecular weight is 270 g/mol. The topological polar surface area (TPSA) is 48.2 Å². The Morgan fingerprint density at radius 2 is 1.95 bits per heavy atom. The van der Waals surface area contributed by atoms with Crippen molar-refractivity contribution in [3.05, 3.63) is 64.2 Å². The molecule has 3 nitrogen and oxygen atoms in total. The summed E-state index contributed by atoms with van der Waals surface area (Å²) < 4.78 is 0. The van der Waals surface area contributed by atoms with Crippen LogP contribution in [-0.2, 0) is 0 Å². The van der Waals surface area contributed by atoms with Crippen LogP contribution in [-0.4, -0.2) is 6.21 Å². The van der Waals surface area contributed by atoms with Crippen LogP contribution in [0, 0.1) is 18.3 Å². The first-order valence-corrected chi connectivity index (χ1v) is 6.12. The number of halogens is 1. The van der Waals surface area contributed by atoms with Crippen molar-refractivity contribution in [2.45, 2.75) is 6.92 Å². The summed E-state index contributed by atoms with van der Waals surface area (Å²) in [6, 6.07) is 14.9. The maximum Gasteiger partial charge on any atom is 0.0991 e. The van der Waals surface area contributed by atoms with Crippen LogP contribution in [0.2, 0.25) is 5.02 Å². The van der Waals surface area contributed by atoms with E-state index < -0.39 is 0 Å². The third-order valence-corrected chi connectivity index (χ3v) is 3.03. The number of rotatable bonds is 3. The van der Waals surface area contributed by atoms with Crippen molar-refractivity contribution >= 4 is 23.5 Å². The fourth-order valence-corrected chi connectivity index (χ4v) is 1.67. The number of hydrazone groups is 1. The third-order valence-electron chi connectivity index (χ3n) is 2.62. The zero-order valence-electron chi connectivity index (χ0n) is 10.4. The molecule has 2 aromatic carbocycles. The number of aryl methyl sites for hydroxylation is 1. The summed E-state index contributed by atoms with van der Waals surface area (Å²) in [6.45, 7) is 1.95. The van der Waals surface area contributed by atoms with Crippen LogP contribution >= 0.6 is 11.6 Å². The summed E-state index contributed by atoms with van der Waals surface area (Å²) in [5, 5.41) is 13.5. The van der Waals surface area contributed by atoms with Crippen molar-refractivity contribution in [3.8, 4) is 6.07 Å². The van der Waals surface area contributed by atoms with E-state index in [4.69, 9.17) is 16.9 Å². The molecule has 0 aromatic heterocycles. The molecule has 0 saturated heterocycles. The lowest BCUT2D eigenvalue weighted by Gasteiger charge is -2.02. The van der Waals surface area contributed by atoms with E-state index in [-0.39, 0.29) is 0 Å². The quantitative estimate of drug-likeness (QED) is 0.677. The van der Waals surface area contributed by atoms with Crippen molar-refractivity contribution < 1.29 is 0 Å². The maximum atomic E-state index is 8.69. The fraction of sp³-hybridized carbons (Fsp3) is 0.0667. The molecule has 2 rings (SSSR count). The minimum atomic E-state index is 0.635. The molecule has 94 valence electrons. The number of nitrogens with zero attached hydrogens (tertiary/aromatic N) is 2. The van der Waals surface area contributed by atoms with E-state index in [1.807, 2.05) is 37.3 Å². The van der Waals surface area contributed by atoms with E-state index in [1.54, 1.807) is 18.3 Å². The van der Waals surface area contributed by atoms with E-state index in [9.17, 15) is 0 Å². The zero-order chi connectivity index (χ0) is 13.7. The Bertz CT molecular complexity index is 639. The van der Waals surface area contributed by atoms with Crippen LogP contribution in [0.15, 0.2) is 47.6 Å². The Balaban J connectivity index is 2.02. The molecule has 4 heteroatoms. The largest absolute Gasteiger partial charge is 0.278 e. The van der Waals surface area contributed by atoms with Gasteiger partial charge in [-0.3, -0.25) is 5.43 Å². The van der Waals surface area contributed by atoms with Crippen LogP contribution in [0.25, 0.3) is 0 Å². The highest BCUT2D eigenvalue weighted by atomic mass is 35.5. The van der Waals surface area contributed by atoms with Crippen LogP contribution in [0.4, 0.5) is 5.69 Å². The maximum absolute atomic E-state index is 8.69. The first-order valence-electron chi connectivity index (χ1n) is 5.74. The molecule has 0 unspecified atom stereocenters. The van der Waals surface area contributed by atoms with Crippen molar-refractivity contribution in [2.75, 3.05) is 5.43 Å². The van der Waals surface area contributed by atoms with Gasteiger partial charge in [0.05, 0.1) is 23.5 Å². The molecular formula is C15H12ClN3. The SMILES string of the molecule is Cc1ccc(NN=Cc2ccc(C#N)cc2)cc1Cl. The summed E-state index contributed by atoms with van der Waals surface area (Å²) in [7, 11) is 0. The van der Waals surface area contributed by atoms with Crippen molar-refractivity contribution in [1.29, 1.82) is 5.26 Å². The summed E-state index contributed by atoms with van der Waals surface area (Å²) in [5.74, 6) is 0. The molecule has 0 saturated carbocycles. The minimum Gasteiger partial charge on any atom is -0.278 e. The zero-order valence-corrected chi connectivity index (χ0v) is 11.1. The normalized spacial score (nSPS) is 10.4. The van der Waals surface area contributed by atoms with Gasteiger partial charge in [0.25, 0.3) is 0 Å². The number of anilines is 1. The number of benzene rings is 2. The summed E-state index contributed by atoms with van der Waals surface area (Å²) >= 11 is 6.02.